The van der Waals surface area contributed by atoms with Gasteiger partial charge in [0.2, 0.25) is 0 Å². The highest BCUT2D eigenvalue weighted by atomic mass is 16.5. The quantitative estimate of drug-likeness (QED) is 0.791. The number of carboxylic acids is 1. The third-order valence-electron chi connectivity index (χ3n) is 3.95. The molecule has 0 fully saturated rings. The fourth-order valence-corrected chi connectivity index (χ4v) is 2.72. The van der Waals surface area contributed by atoms with Crippen molar-refractivity contribution in [2.75, 3.05) is 28.4 Å². The molecule has 1 N–H and O–H groups in total. The highest BCUT2D eigenvalue weighted by Crippen LogP contribution is 2.35. The lowest BCUT2D eigenvalue weighted by atomic mass is 9.98. The minimum Gasteiger partial charge on any atom is -0.497 e. The van der Waals surface area contributed by atoms with Gasteiger partial charge < -0.3 is 24.1 Å². The maximum atomic E-state index is 11.6. The Morgan fingerprint density at radius 1 is 0.880 bits per heavy atom. The highest BCUT2D eigenvalue weighted by Gasteiger charge is 2.19. The highest BCUT2D eigenvalue weighted by molar-refractivity contribution is 5.90. The third-order valence-corrected chi connectivity index (χ3v) is 3.95. The van der Waals surface area contributed by atoms with Crippen molar-refractivity contribution in [3.63, 3.8) is 0 Å². The number of methoxy groups -OCH3 is 4. The third kappa shape index (κ3) is 4.15. The maximum Gasteiger partial charge on any atom is 0.336 e. The Hall–Kier alpha value is -2.89. The van der Waals surface area contributed by atoms with E-state index in [4.69, 9.17) is 18.9 Å². The van der Waals surface area contributed by atoms with Crippen LogP contribution < -0.4 is 18.9 Å². The first-order valence-corrected chi connectivity index (χ1v) is 7.73. The van der Waals surface area contributed by atoms with Crippen LogP contribution in [-0.2, 0) is 12.8 Å². The molecule has 0 aliphatic heterocycles. The largest absolute Gasteiger partial charge is 0.497 e. The molecule has 0 spiro atoms. The second-order valence-corrected chi connectivity index (χ2v) is 5.35. The first-order valence-electron chi connectivity index (χ1n) is 7.73. The summed E-state index contributed by atoms with van der Waals surface area (Å²) in [6.07, 6.45) is 1.07. The summed E-state index contributed by atoms with van der Waals surface area (Å²) in [7, 11) is 6.20. The molecule has 0 aromatic heterocycles. The summed E-state index contributed by atoms with van der Waals surface area (Å²) < 4.78 is 21.2. The van der Waals surface area contributed by atoms with Crippen molar-refractivity contribution in [1.82, 2.24) is 0 Å². The predicted octanol–water partition coefficient (Wildman–Crippen LogP) is 3.20. The van der Waals surface area contributed by atoms with Crippen LogP contribution in [0.25, 0.3) is 0 Å². The Kier molecular flexibility index (Phi) is 6.11. The summed E-state index contributed by atoms with van der Waals surface area (Å²) in [4.78, 5) is 11.6. The molecule has 2 aromatic carbocycles. The topological polar surface area (TPSA) is 74.2 Å². The van der Waals surface area contributed by atoms with E-state index in [9.17, 15) is 9.90 Å². The van der Waals surface area contributed by atoms with E-state index in [2.05, 4.69) is 0 Å². The van der Waals surface area contributed by atoms with Crippen molar-refractivity contribution in [3.8, 4) is 23.0 Å². The first-order chi connectivity index (χ1) is 12.0. The van der Waals surface area contributed by atoms with Gasteiger partial charge in [-0.05, 0) is 42.7 Å². The summed E-state index contributed by atoms with van der Waals surface area (Å²) in [5, 5.41) is 9.47. The van der Waals surface area contributed by atoms with E-state index in [0.29, 0.717) is 41.4 Å². The van der Waals surface area contributed by atoms with Crippen LogP contribution in [0.2, 0.25) is 0 Å². The molecule has 6 heteroatoms. The van der Waals surface area contributed by atoms with Gasteiger partial charge in [0.25, 0.3) is 0 Å². The number of carbonyl (C=O) groups is 1. The SMILES string of the molecule is COc1cc(CCc2c(C(=O)O)ccc(OC)c2OC)cc(OC)c1. The van der Waals surface area contributed by atoms with Gasteiger partial charge in [-0.25, -0.2) is 4.79 Å². The fraction of sp³-hybridized carbons (Fsp3) is 0.316. The summed E-state index contributed by atoms with van der Waals surface area (Å²) >= 11 is 0. The molecule has 0 bridgehead atoms. The molecule has 0 atom stereocenters. The van der Waals surface area contributed by atoms with E-state index in [1.54, 1.807) is 26.4 Å². The van der Waals surface area contributed by atoms with E-state index in [1.807, 2.05) is 12.1 Å². The van der Waals surface area contributed by atoms with Gasteiger partial charge in [0, 0.05) is 11.6 Å². The Morgan fingerprint density at radius 3 is 2.00 bits per heavy atom. The van der Waals surface area contributed by atoms with Gasteiger partial charge in [-0.2, -0.15) is 0 Å². The minimum atomic E-state index is -1.00. The van der Waals surface area contributed by atoms with Crippen LogP contribution in [0.15, 0.2) is 30.3 Å². The Balaban J connectivity index is 2.38. The standard InChI is InChI=1S/C19H22O6/c1-22-13-9-12(10-14(11-13)23-2)5-6-15-16(19(20)21)7-8-17(24-3)18(15)25-4/h7-11H,5-6H2,1-4H3,(H,20,21). The number of hydrogen-bond acceptors (Lipinski definition) is 5. The van der Waals surface area contributed by atoms with Crippen LogP contribution in [0, 0.1) is 0 Å². The predicted molar refractivity (Wildman–Crippen MR) is 93.5 cm³/mol. The summed E-state index contributed by atoms with van der Waals surface area (Å²) in [5.41, 5.74) is 1.76. The lowest BCUT2D eigenvalue weighted by Crippen LogP contribution is -2.07. The van der Waals surface area contributed by atoms with Gasteiger partial charge in [0.15, 0.2) is 11.5 Å². The van der Waals surface area contributed by atoms with E-state index >= 15 is 0 Å². The van der Waals surface area contributed by atoms with Gasteiger partial charge in [-0.3, -0.25) is 0 Å². The Labute approximate surface area is 146 Å². The van der Waals surface area contributed by atoms with Crippen molar-refractivity contribution in [2.24, 2.45) is 0 Å². The van der Waals surface area contributed by atoms with E-state index in [1.165, 1.54) is 20.3 Å². The number of benzene rings is 2. The summed E-state index contributed by atoms with van der Waals surface area (Å²) in [6.45, 7) is 0. The van der Waals surface area contributed by atoms with Crippen LogP contribution in [0.5, 0.6) is 23.0 Å². The zero-order chi connectivity index (χ0) is 18.4. The lowest BCUT2D eigenvalue weighted by molar-refractivity contribution is 0.0695. The zero-order valence-electron chi connectivity index (χ0n) is 14.8. The Morgan fingerprint density at radius 2 is 1.52 bits per heavy atom. The minimum absolute atomic E-state index is 0.201. The summed E-state index contributed by atoms with van der Waals surface area (Å²) in [5.74, 6) is 1.32. The van der Waals surface area contributed by atoms with Crippen molar-refractivity contribution in [1.29, 1.82) is 0 Å². The molecular weight excluding hydrogens is 324 g/mol. The van der Waals surface area contributed by atoms with E-state index < -0.39 is 5.97 Å². The van der Waals surface area contributed by atoms with E-state index in [-0.39, 0.29) is 5.56 Å². The van der Waals surface area contributed by atoms with Crippen molar-refractivity contribution in [3.05, 3.63) is 47.0 Å². The molecule has 0 radical (unpaired) electrons. The van der Waals surface area contributed by atoms with Crippen LogP contribution in [-0.4, -0.2) is 39.5 Å². The number of hydrogen-bond donors (Lipinski definition) is 1. The van der Waals surface area contributed by atoms with Crippen LogP contribution in [0.1, 0.15) is 21.5 Å². The smallest absolute Gasteiger partial charge is 0.336 e. The molecule has 6 nitrogen and oxygen atoms in total. The van der Waals surface area contributed by atoms with Crippen LogP contribution in [0.3, 0.4) is 0 Å². The maximum absolute atomic E-state index is 11.6. The van der Waals surface area contributed by atoms with E-state index in [0.717, 1.165) is 5.56 Å². The second-order valence-electron chi connectivity index (χ2n) is 5.35. The van der Waals surface area contributed by atoms with Gasteiger partial charge in [-0.15, -0.1) is 0 Å². The van der Waals surface area contributed by atoms with Gasteiger partial charge >= 0.3 is 5.97 Å². The molecule has 25 heavy (non-hydrogen) atoms. The number of rotatable bonds is 8. The lowest BCUT2D eigenvalue weighted by Gasteiger charge is -2.15. The fourth-order valence-electron chi connectivity index (χ4n) is 2.72. The molecule has 0 saturated carbocycles. The number of aromatic carboxylic acids is 1. The average Bonchev–Trinajstić information content (AvgIpc) is 2.64. The molecule has 0 aliphatic rings. The molecule has 134 valence electrons. The zero-order valence-corrected chi connectivity index (χ0v) is 14.8. The van der Waals surface area contributed by atoms with Gasteiger partial charge in [0.1, 0.15) is 11.5 Å². The van der Waals surface area contributed by atoms with Crippen LogP contribution >= 0.6 is 0 Å². The second kappa shape index (κ2) is 8.28. The Bertz CT molecular complexity index is 732. The monoisotopic (exact) mass is 346 g/mol. The normalized spacial score (nSPS) is 10.2. The molecule has 0 amide bonds. The molecule has 2 rings (SSSR count). The molecule has 0 unspecified atom stereocenters. The molecule has 0 heterocycles. The van der Waals surface area contributed by atoms with Gasteiger partial charge in [0.05, 0.1) is 34.0 Å². The number of ether oxygens (including phenoxy) is 4. The number of aryl methyl sites for hydroxylation is 1. The molecule has 0 aliphatic carbocycles. The first kappa shape index (κ1) is 18.4. The van der Waals surface area contributed by atoms with Crippen molar-refractivity contribution >= 4 is 5.97 Å². The van der Waals surface area contributed by atoms with Crippen molar-refractivity contribution < 1.29 is 28.8 Å². The van der Waals surface area contributed by atoms with Gasteiger partial charge in [-0.1, -0.05) is 0 Å². The number of carboxylic acid groups (broad SMARTS) is 1. The average molecular weight is 346 g/mol. The van der Waals surface area contributed by atoms with Crippen molar-refractivity contribution in [2.45, 2.75) is 12.8 Å². The molecule has 0 saturated heterocycles. The molecular formula is C19H22O6. The van der Waals surface area contributed by atoms with Crippen LogP contribution in [0.4, 0.5) is 0 Å². The summed E-state index contributed by atoms with van der Waals surface area (Å²) in [6, 6.07) is 8.72. The molecule has 2 aromatic rings.